The lowest BCUT2D eigenvalue weighted by atomic mass is 9.99. The van der Waals surface area contributed by atoms with Gasteiger partial charge in [-0.05, 0) is 71.7 Å². The number of amides is 1. The molecule has 2 aromatic carbocycles. The molecular weight excluding hydrogens is 470 g/mol. The molecule has 1 heterocycles. The van der Waals surface area contributed by atoms with Crippen molar-refractivity contribution in [3.8, 4) is 5.75 Å². The molecule has 2 N–H and O–H groups in total. The zero-order chi connectivity index (χ0) is 21.3. The van der Waals surface area contributed by atoms with E-state index in [2.05, 4.69) is 44.7 Å². The summed E-state index contributed by atoms with van der Waals surface area (Å²) in [5.74, 6) is -0.558. The minimum Gasteiger partial charge on any atom is -0.420 e. The second-order valence-electron chi connectivity index (χ2n) is 7.05. The SMILES string of the molecule is CC(C)N1CC(CO)c2cc(C(=O)Nc3ccc(OC(F)(F)Cl)cc3)cc(Br)c21. The highest BCUT2D eigenvalue weighted by atomic mass is 79.9. The third-order valence-electron chi connectivity index (χ3n) is 4.69. The van der Waals surface area contributed by atoms with Gasteiger partial charge in [0, 0.05) is 45.8 Å². The molecular formula is C20H20BrClF2N2O3. The molecule has 0 radical (unpaired) electrons. The average Bonchev–Trinajstić information content (AvgIpc) is 3.01. The lowest BCUT2D eigenvalue weighted by Gasteiger charge is -2.25. The highest BCUT2D eigenvalue weighted by Crippen LogP contribution is 2.43. The number of nitrogens with zero attached hydrogens (tertiary/aromatic N) is 1. The number of alkyl halides is 3. The Labute approximate surface area is 180 Å². The van der Waals surface area contributed by atoms with E-state index in [0.717, 1.165) is 15.7 Å². The van der Waals surface area contributed by atoms with Gasteiger partial charge in [0.25, 0.3) is 5.91 Å². The number of rotatable bonds is 6. The van der Waals surface area contributed by atoms with E-state index in [9.17, 15) is 18.7 Å². The minimum absolute atomic E-state index is 0.0135. The first-order valence-corrected chi connectivity index (χ1v) is 10.1. The summed E-state index contributed by atoms with van der Waals surface area (Å²) in [5.41, 5.74) is -1.06. The number of hydrogen-bond acceptors (Lipinski definition) is 4. The Morgan fingerprint density at radius 1 is 1.38 bits per heavy atom. The summed E-state index contributed by atoms with van der Waals surface area (Å²) in [6.07, 6.45) is 0. The number of fused-ring (bicyclic) bond motifs is 1. The fourth-order valence-electron chi connectivity index (χ4n) is 3.36. The summed E-state index contributed by atoms with van der Waals surface area (Å²) in [6, 6.07) is 9.21. The second-order valence-corrected chi connectivity index (χ2v) is 8.34. The number of carbonyl (C=O) groups excluding carboxylic acids is 1. The van der Waals surface area contributed by atoms with Crippen LogP contribution >= 0.6 is 27.5 Å². The van der Waals surface area contributed by atoms with Crippen molar-refractivity contribution in [2.75, 3.05) is 23.4 Å². The van der Waals surface area contributed by atoms with Crippen LogP contribution in [0.1, 0.15) is 35.7 Å². The molecule has 0 bridgehead atoms. The van der Waals surface area contributed by atoms with Crippen molar-refractivity contribution in [1.29, 1.82) is 0 Å². The van der Waals surface area contributed by atoms with Crippen molar-refractivity contribution in [2.24, 2.45) is 0 Å². The number of anilines is 2. The summed E-state index contributed by atoms with van der Waals surface area (Å²) in [6.45, 7) is 4.81. The summed E-state index contributed by atoms with van der Waals surface area (Å²) < 4.78 is 30.4. The number of aliphatic hydroxyl groups is 1. The predicted molar refractivity (Wildman–Crippen MR) is 112 cm³/mol. The van der Waals surface area contributed by atoms with Crippen molar-refractivity contribution < 1.29 is 23.4 Å². The zero-order valence-corrected chi connectivity index (χ0v) is 18.1. The maximum Gasteiger partial charge on any atom is 0.487 e. The van der Waals surface area contributed by atoms with E-state index in [1.54, 1.807) is 12.1 Å². The number of carbonyl (C=O) groups is 1. The molecule has 0 saturated carbocycles. The van der Waals surface area contributed by atoms with Crippen LogP contribution in [0, 0.1) is 0 Å². The Hall–Kier alpha value is -1.90. The van der Waals surface area contributed by atoms with Gasteiger partial charge in [0.2, 0.25) is 0 Å². The van der Waals surface area contributed by atoms with Gasteiger partial charge in [0.05, 0.1) is 12.3 Å². The number of nitrogens with one attached hydrogen (secondary N) is 1. The van der Waals surface area contributed by atoms with Crippen LogP contribution in [0.5, 0.6) is 5.75 Å². The summed E-state index contributed by atoms with van der Waals surface area (Å²) in [5, 5.41) is 12.5. The topological polar surface area (TPSA) is 61.8 Å². The van der Waals surface area contributed by atoms with E-state index in [4.69, 9.17) is 11.6 Å². The van der Waals surface area contributed by atoms with Gasteiger partial charge in [0.1, 0.15) is 5.75 Å². The van der Waals surface area contributed by atoms with Gasteiger partial charge in [-0.1, -0.05) is 0 Å². The number of hydrogen-bond donors (Lipinski definition) is 2. The maximum absolute atomic E-state index is 12.7. The normalized spacial score (nSPS) is 16.1. The van der Waals surface area contributed by atoms with Crippen LogP contribution in [-0.4, -0.2) is 35.8 Å². The standard InChI is InChI=1S/C20H20BrClF2N2O3/c1-11(2)26-9-13(10-27)16-7-12(8-17(21)18(16)26)19(28)25-14-3-5-15(6-4-14)29-20(22,23)24/h3-8,11,13,27H,9-10H2,1-2H3,(H,25,28). The van der Waals surface area contributed by atoms with Crippen LogP contribution in [0.4, 0.5) is 20.2 Å². The summed E-state index contributed by atoms with van der Waals surface area (Å²) >= 11 is 8.29. The van der Waals surface area contributed by atoms with Crippen LogP contribution in [-0.2, 0) is 0 Å². The number of halogens is 4. The van der Waals surface area contributed by atoms with Gasteiger partial charge >= 0.3 is 5.57 Å². The third-order valence-corrected chi connectivity index (χ3v) is 5.37. The molecule has 1 atom stereocenters. The van der Waals surface area contributed by atoms with Crippen molar-refractivity contribution >= 4 is 44.8 Å². The van der Waals surface area contributed by atoms with Crippen molar-refractivity contribution in [3.63, 3.8) is 0 Å². The molecule has 156 valence electrons. The smallest absolute Gasteiger partial charge is 0.420 e. The maximum atomic E-state index is 12.7. The van der Waals surface area contributed by atoms with E-state index >= 15 is 0 Å². The van der Waals surface area contributed by atoms with E-state index in [0.29, 0.717) is 17.8 Å². The fourth-order valence-corrected chi connectivity index (χ4v) is 4.15. The Morgan fingerprint density at radius 2 is 2.03 bits per heavy atom. The zero-order valence-electron chi connectivity index (χ0n) is 15.8. The molecule has 2 aromatic rings. The summed E-state index contributed by atoms with van der Waals surface area (Å²) in [4.78, 5) is 14.9. The van der Waals surface area contributed by atoms with E-state index in [-0.39, 0.29) is 30.2 Å². The molecule has 1 unspecified atom stereocenters. The van der Waals surface area contributed by atoms with E-state index in [1.807, 2.05) is 0 Å². The molecule has 1 aliphatic heterocycles. The van der Waals surface area contributed by atoms with E-state index < -0.39 is 5.57 Å². The minimum atomic E-state index is -3.80. The lowest BCUT2D eigenvalue weighted by Crippen LogP contribution is -2.30. The van der Waals surface area contributed by atoms with Crippen molar-refractivity contribution in [2.45, 2.75) is 31.4 Å². The quantitative estimate of drug-likeness (QED) is 0.549. The number of ether oxygens (including phenoxy) is 1. The Kier molecular flexibility index (Phi) is 6.36. The second kappa shape index (κ2) is 8.45. The Bertz CT molecular complexity index is 904. The molecule has 1 amide bonds. The first kappa shape index (κ1) is 21.8. The Morgan fingerprint density at radius 3 is 2.59 bits per heavy atom. The van der Waals surface area contributed by atoms with Crippen LogP contribution < -0.4 is 15.0 Å². The molecule has 3 rings (SSSR count). The first-order chi connectivity index (χ1) is 13.6. The molecule has 29 heavy (non-hydrogen) atoms. The number of benzene rings is 2. The Balaban J connectivity index is 1.81. The first-order valence-electron chi connectivity index (χ1n) is 8.97. The van der Waals surface area contributed by atoms with Crippen molar-refractivity contribution in [1.82, 2.24) is 0 Å². The van der Waals surface area contributed by atoms with Gasteiger partial charge in [-0.2, -0.15) is 0 Å². The lowest BCUT2D eigenvalue weighted by molar-refractivity contribution is -0.0964. The number of aliphatic hydroxyl groups excluding tert-OH is 1. The summed E-state index contributed by atoms with van der Waals surface area (Å²) in [7, 11) is 0. The van der Waals surface area contributed by atoms with Gasteiger partial charge in [-0.3, -0.25) is 4.79 Å². The molecule has 0 saturated heterocycles. The largest absolute Gasteiger partial charge is 0.487 e. The van der Waals surface area contributed by atoms with Crippen LogP contribution in [0.25, 0.3) is 0 Å². The van der Waals surface area contributed by atoms with Gasteiger partial charge in [0.15, 0.2) is 0 Å². The molecule has 9 heteroatoms. The molecule has 1 aliphatic rings. The molecule has 5 nitrogen and oxygen atoms in total. The van der Waals surface area contributed by atoms with Crippen molar-refractivity contribution in [3.05, 3.63) is 52.0 Å². The third kappa shape index (κ3) is 4.99. The van der Waals surface area contributed by atoms with Crippen LogP contribution in [0.3, 0.4) is 0 Å². The molecule has 0 aliphatic carbocycles. The van der Waals surface area contributed by atoms with Gasteiger partial charge < -0.3 is 20.1 Å². The molecule has 0 spiro atoms. The predicted octanol–water partition coefficient (Wildman–Crippen LogP) is 5.17. The van der Waals surface area contributed by atoms with Crippen LogP contribution in [0.15, 0.2) is 40.9 Å². The van der Waals surface area contributed by atoms with E-state index in [1.165, 1.54) is 24.3 Å². The average molecular weight is 490 g/mol. The highest BCUT2D eigenvalue weighted by Gasteiger charge is 2.32. The van der Waals surface area contributed by atoms with Gasteiger partial charge in [-0.15, -0.1) is 8.78 Å². The molecule has 0 aromatic heterocycles. The molecule has 0 fully saturated rings. The highest BCUT2D eigenvalue weighted by molar-refractivity contribution is 9.10. The van der Waals surface area contributed by atoms with Gasteiger partial charge in [-0.25, -0.2) is 0 Å². The monoisotopic (exact) mass is 488 g/mol. The fraction of sp³-hybridized carbons (Fsp3) is 0.350. The van der Waals surface area contributed by atoms with Crippen LogP contribution in [0.2, 0.25) is 0 Å².